The first-order valence-electron chi connectivity index (χ1n) is 2.81. The second kappa shape index (κ2) is 14.3. The molecule has 70 valence electrons. The van der Waals surface area contributed by atoms with Gasteiger partial charge in [-0.1, -0.05) is 6.92 Å². The maximum atomic E-state index is 9.57. The van der Waals surface area contributed by atoms with Crippen molar-refractivity contribution in [3.63, 3.8) is 0 Å². The molecule has 0 atom stereocenters. The number of nitrogens with one attached hydrogen (secondary N) is 1. The summed E-state index contributed by atoms with van der Waals surface area (Å²) in [6.07, 6.45) is 0.739. The van der Waals surface area contributed by atoms with Gasteiger partial charge in [-0.25, -0.2) is 8.42 Å². The van der Waals surface area contributed by atoms with Crippen molar-refractivity contribution >= 4 is 58.3 Å². The summed E-state index contributed by atoms with van der Waals surface area (Å²) in [5.41, 5.74) is 4.56. The number of hydrogen-bond donors (Lipinski definition) is 4. The van der Waals surface area contributed by atoms with Gasteiger partial charge in [0.15, 0.2) is 0 Å². The summed E-state index contributed by atoms with van der Waals surface area (Å²) in [4.78, 5) is 0. The van der Waals surface area contributed by atoms with Crippen LogP contribution in [0.25, 0.3) is 0 Å². The van der Waals surface area contributed by atoms with Gasteiger partial charge in [0.2, 0.25) is 0 Å². The van der Waals surface area contributed by atoms with Gasteiger partial charge in [0, 0.05) is 0 Å². The van der Waals surface area contributed by atoms with Crippen LogP contribution in [0.15, 0.2) is 0 Å². The SMILES string of the molecule is CCCO[SH](=O)=O.N=C(N)S.[NaH]. The molecule has 0 aliphatic carbocycles. The average molecular weight is 224 g/mol. The fourth-order valence-electron chi connectivity index (χ4n) is 0.166. The number of rotatable bonds is 3. The van der Waals surface area contributed by atoms with Crippen LogP contribution in [-0.4, -0.2) is 49.7 Å². The summed E-state index contributed by atoms with van der Waals surface area (Å²) in [7, 11) is -2.61. The molecule has 0 aliphatic rings. The summed E-state index contributed by atoms with van der Waals surface area (Å²) in [6.45, 7) is 2.15. The van der Waals surface area contributed by atoms with Crippen molar-refractivity contribution < 1.29 is 12.6 Å². The molecule has 0 amide bonds. The maximum absolute atomic E-state index is 9.57. The summed E-state index contributed by atoms with van der Waals surface area (Å²) in [6, 6.07) is 0. The summed E-state index contributed by atoms with van der Waals surface area (Å²) >= 11 is 3.33. The van der Waals surface area contributed by atoms with Gasteiger partial charge in [-0.05, 0) is 6.42 Å². The van der Waals surface area contributed by atoms with E-state index >= 15 is 0 Å². The van der Waals surface area contributed by atoms with E-state index < -0.39 is 11.0 Å². The minimum absolute atomic E-state index is 0. The van der Waals surface area contributed by atoms with E-state index in [1.165, 1.54) is 0 Å². The predicted molar refractivity (Wildman–Crippen MR) is 54.6 cm³/mol. The Labute approximate surface area is 101 Å². The zero-order chi connectivity index (χ0) is 9.28. The molecular formula is C4H13N2NaO3S2. The Hall–Kier alpha value is 0.730. The molecule has 0 aromatic carbocycles. The quantitative estimate of drug-likeness (QED) is 0.216. The predicted octanol–water partition coefficient (Wildman–Crippen LogP) is -0.899. The van der Waals surface area contributed by atoms with Gasteiger partial charge in [0.1, 0.15) is 5.17 Å². The summed E-state index contributed by atoms with van der Waals surface area (Å²) in [5, 5.41) is 6.00. The van der Waals surface area contributed by atoms with Crippen molar-refractivity contribution in [2.75, 3.05) is 6.61 Å². The Bertz CT molecular complexity index is 162. The van der Waals surface area contributed by atoms with Crippen molar-refractivity contribution in [2.24, 2.45) is 5.73 Å². The van der Waals surface area contributed by atoms with E-state index in [1.54, 1.807) is 0 Å². The van der Waals surface area contributed by atoms with Crippen LogP contribution in [0.5, 0.6) is 0 Å². The fourth-order valence-corrected chi connectivity index (χ4v) is 0.497. The molecule has 0 saturated heterocycles. The molecule has 0 bridgehead atoms. The van der Waals surface area contributed by atoms with Crippen LogP contribution in [0.1, 0.15) is 13.3 Å². The summed E-state index contributed by atoms with van der Waals surface area (Å²) < 4.78 is 23.3. The number of thiol groups is 2. The van der Waals surface area contributed by atoms with E-state index in [-0.39, 0.29) is 34.7 Å². The van der Waals surface area contributed by atoms with Gasteiger partial charge in [0.25, 0.3) is 11.0 Å². The van der Waals surface area contributed by atoms with E-state index in [1.807, 2.05) is 6.92 Å². The van der Waals surface area contributed by atoms with E-state index in [0.29, 0.717) is 6.61 Å². The third-order valence-electron chi connectivity index (χ3n) is 0.401. The van der Waals surface area contributed by atoms with Crippen LogP contribution < -0.4 is 5.73 Å². The van der Waals surface area contributed by atoms with Crippen molar-refractivity contribution in [3.05, 3.63) is 0 Å². The van der Waals surface area contributed by atoms with Gasteiger partial charge in [-0.3, -0.25) is 9.59 Å². The molecule has 0 aromatic heterocycles. The molecule has 3 N–H and O–H groups in total. The number of amidine groups is 1. The second-order valence-electron chi connectivity index (χ2n) is 1.44. The van der Waals surface area contributed by atoms with Gasteiger partial charge < -0.3 is 5.73 Å². The Balaban J connectivity index is -0.000000142. The molecule has 0 saturated carbocycles. The first-order valence-corrected chi connectivity index (χ1v) is 4.35. The molecular weight excluding hydrogens is 211 g/mol. The van der Waals surface area contributed by atoms with Crippen LogP contribution in [0, 0.1) is 5.41 Å². The monoisotopic (exact) mass is 224 g/mol. The van der Waals surface area contributed by atoms with E-state index in [9.17, 15) is 8.42 Å². The molecule has 0 heterocycles. The minimum atomic E-state index is -2.61. The molecule has 0 unspecified atom stereocenters. The first kappa shape index (κ1) is 18.5. The normalized spacial score (nSPS) is 7.92. The molecule has 0 aliphatic heterocycles. The topological polar surface area (TPSA) is 93.2 Å². The summed E-state index contributed by atoms with van der Waals surface area (Å²) in [5.74, 6) is 0. The molecule has 0 fully saturated rings. The second-order valence-corrected chi connectivity index (χ2v) is 2.63. The van der Waals surface area contributed by atoms with Crippen molar-refractivity contribution in [3.8, 4) is 0 Å². The Morgan fingerprint density at radius 1 is 1.67 bits per heavy atom. The van der Waals surface area contributed by atoms with Crippen LogP contribution in [0.4, 0.5) is 0 Å². The van der Waals surface area contributed by atoms with Crippen molar-refractivity contribution in [2.45, 2.75) is 13.3 Å². The number of hydrogen-bond acceptors (Lipinski definition) is 4. The third kappa shape index (κ3) is 45.4. The fraction of sp³-hybridized carbons (Fsp3) is 0.750. The van der Waals surface area contributed by atoms with E-state index in [0.717, 1.165) is 6.42 Å². The van der Waals surface area contributed by atoms with E-state index in [2.05, 4.69) is 22.5 Å². The third-order valence-corrected chi connectivity index (χ3v) is 0.794. The molecule has 0 spiro atoms. The zero-order valence-electron chi connectivity index (χ0n) is 6.11. The number of nitrogens with two attached hydrogens (primary N) is 1. The van der Waals surface area contributed by atoms with Gasteiger partial charge in [-0.15, -0.1) is 12.6 Å². The van der Waals surface area contributed by atoms with Crippen LogP contribution in [0.3, 0.4) is 0 Å². The van der Waals surface area contributed by atoms with Crippen LogP contribution >= 0.6 is 12.6 Å². The Morgan fingerprint density at radius 3 is 2.08 bits per heavy atom. The Morgan fingerprint density at radius 2 is 2.00 bits per heavy atom. The molecule has 5 nitrogen and oxygen atoms in total. The molecule has 12 heavy (non-hydrogen) atoms. The molecule has 0 radical (unpaired) electrons. The van der Waals surface area contributed by atoms with Crippen LogP contribution in [0.2, 0.25) is 0 Å². The van der Waals surface area contributed by atoms with Crippen molar-refractivity contribution in [1.82, 2.24) is 0 Å². The molecule has 8 heteroatoms. The molecule has 0 aromatic rings. The van der Waals surface area contributed by atoms with E-state index in [4.69, 9.17) is 5.41 Å². The van der Waals surface area contributed by atoms with Crippen molar-refractivity contribution in [1.29, 1.82) is 5.41 Å². The Kier molecular flexibility index (Phi) is 22.0. The first-order chi connectivity index (χ1) is 5.00. The van der Waals surface area contributed by atoms with Gasteiger partial charge >= 0.3 is 29.6 Å². The van der Waals surface area contributed by atoms with Gasteiger partial charge in [0.05, 0.1) is 6.61 Å². The molecule has 0 rings (SSSR count). The zero-order valence-corrected chi connectivity index (χ0v) is 7.90. The van der Waals surface area contributed by atoms with Gasteiger partial charge in [-0.2, -0.15) is 0 Å². The average Bonchev–Trinajstić information content (AvgIpc) is 1.82. The standard InChI is InChI=1S/C3H8O3S.CH4N2S.Na.H/c1-2-3-6-7(4)5;2-1(3)4;;/h7H,2-3H2,1H3;(H4,2,3,4);;. The van der Waals surface area contributed by atoms with Crippen LogP contribution in [-0.2, 0) is 15.2 Å².